The summed E-state index contributed by atoms with van der Waals surface area (Å²) in [4.78, 5) is 14.4. The molecular weight excluding hydrogens is 362 g/mol. The minimum Gasteiger partial charge on any atom is -0.380 e. The molecule has 0 atom stereocenters. The van der Waals surface area contributed by atoms with Crippen molar-refractivity contribution in [2.75, 3.05) is 36.5 Å². The van der Waals surface area contributed by atoms with Crippen LogP contribution in [0.2, 0.25) is 0 Å². The third-order valence-corrected chi connectivity index (χ3v) is 5.31. The Kier molecular flexibility index (Phi) is 4.84. The van der Waals surface area contributed by atoms with Crippen molar-refractivity contribution >= 4 is 22.4 Å². The van der Waals surface area contributed by atoms with Crippen LogP contribution in [0, 0.1) is 0 Å². The minimum atomic E-state index is 0.753. The van der Waals surface area contributed by atoms with Gasteiger partial charge in [0.2, 0.25) is 0 Å². The maximum atomic E-state index is 5.43. The maximum absolute atomic E-state index is 5.43. The molecule has 1 aliphatic heterocycles. The predicted molar refractivity (Wildman–Crippen MR) is 116 cm³/mol. The lowest BCUT2D eigenvalue weighted by atomic mass is 10.1. The molecule has 6 nitrogen and oxygen atoms in total. The number of benzene rings is 1. The lowest BCUT2D eigenvalue weighted by Crippen LogP contribution is -2.36. The summed E-state index contributed by atoms with van der Waals surface area (Å²) >= 11 is 0. The molecule has 1 saturated heterocycles. The Morgan fingerprint density at radius 3 is 2.72 bits per heavy atom. The lowest BCUT2D eigenvalue weighted by Gasteiger charge is -2.28. The number of hydrogen-bond donors (Lipinski definition) is 2. The number of morpholine rings is 1. The summed E-state index contributed by atoms with van der Waals surface area (Å²) in [6.45, 7) is 4.28. The van der Waals surface area contributed by atoms with E-state index in [1.54, 1.807) is 6.20 Å². The summed E-state index contributed by atoms with van der Waals surface area (Å²) < 4.78 is 5.43. The summed E-state index contributed by atoms with van der Waals surface area (Å²) in [6, 6.07) is 14.9. The molecule has 2 N–H and O–H groups in total. The summed E-state index contributed by atoms with van der Waals surface area (Å²) in [5.41, 5.74) is 6.57. The number of aromatic amines is 1. The van der Waals surface area contributed by atoms with E-state index in [1.165, 1.54) is 11.3 Å². The summed E-state index contributed by atoms with van der Waals surface area (Å²) in [6.07, 6.45) is 7.52. The standard InChI is InChI=1S/C23H23N5O/c1-2-18(14-24-7-1)22-16-27-23-21(22)12-19(15-26-23)25-13-17-3-5-20(6-4-17)28-8-10-29-11-9-28/h1-7,12,14-16,25H,8-11,13H2,(H,26,27). The number of H-pyrrole nitrogens is 1. The van der Waals surface area contributed by atoms with Crippen molar-refractivity contribution in [3.8, 4) is 11.1 Å². The SMILES string of the molecule is c1cncc(-c2c[nH]c3ncc(NCc4ccc(N5CCOCC5)cc4)cc23)c1. The van der Waals surface area contributed by atoms with Gasteiger partial charge in [0.05, 0.1) is 25.1 Å². The van der Waals surface area contributed by atoms with E-state index in [1.807, 2.05) is 24.7 Å². The number of fused-ring (bicyclic) bond motifs is 1. The first-order valence-electron chi connectivity index (χ1n) is 9.90. The molecule has 4 heterocycles. The number of hydrogen-bond acceptors (Lipinski definition) is 5. The van der Waals surface area contributed by atoms with Gasteiger partial charge in [-0.3, -0.25) is 4.98 Å². The van der Waals surface area contributed by atoms with Gasteiger partial charge in [0.15, 0.2) is 0 Å². The van der Waals surface area contributed by atoms with Gasteiger partial charge in [0.1, 0.15) is 5.65 Å². The van der Waals surface area contributed by atoms with Crippen LogP contribution < -0.4 is 10.2 Å². The first-order valence-corrected chi connectivity index (χ1v) is 9.90. The van der Waals surface area contributed by atoms with Gasteiger partial charge >= 0.3 is 0 Å². The Bertz CT molecular complexity index is 1090. The second-order valence-electron chi connectivity index (χ2n) is 7.18. The Labute approximate surface area is 169 Å². The molecule has 0 saturated carbocycles. The number of anilines is 2. The molecule has 0 bridgehead atoms. The Morgan fingerprint density at radius 1 is 1.07 bits per heavy atom. The van der Waals surface area contributed by atoms with E-state index >= 15 is 0 Å². The van der Waals surface area contributed by atoms with Crippen LogP contribution in [-0.4, -0.2) is 41.3 Å². The van der Waals surface area contributed by atoms with Gasteiger partial charge in [-0.1, -0.05) is 18.2 Å². The van der Waals surface area contributed by atoms with E-state index in [9.17, 15) is 0 Å². The van der Waals surface area contributed by atoms with E-state index in [0.717, 1.165) is 60.7 Å². The molecule has 1 aliphatic rings. The first-order chi connectivity index (χ1) is 14.4. The number of rotatable bonds is 5. The van der Waals surface area contributed by atoms with E-state index < -0.39 is 0 Å². The van der Waals surface area contributed by atoms with Gasteiger partial charge in [-0.15, -0.1) is 0 Å². The monoisotopic (exact) mass is 385 g/mol. The zero-order valence-electron chi connectivity index (χ0n) is 16.1. The van der Waals surface area contributed by atoms with Gasteiger partial charge < -0.3 is 19.9 Å². The molecular formula is C23H23N5O. The van der Waals surface area contributed by atoms with Crippen LogP contribution in [-0.2, 0) is 11.3 Å². The third-order valence-electron chi connectivity index (χ3n) is 5.31. The van der Waals surface area contributed by atoms with Crippen LogP contribution >= 0.6 is 0 Å². The van der Waals surface area contributed by atoms with Crippen molar-refractivity contribution in [1.29, 1.82) is 0 Å². The summed E-state index contributed by atoms with van der Waals surface area (Å²) in [5.74, 6) is 0. The van der Waals surface area contributed by atoms with E-state index in [4.69, 9.17) is 4.74 Å². The number of nitrogens with zero attached hydrogens (tertiary/aromatic N) is 3. The first kappa shape index (κ1) is 17.7. The second-order valence-corrected chi connectivity index (χ2v) is 7.18. The fraction of sp³-hybridized carbons (Fsp3) is 0.217. The second kappa shape index (κ2) is 7.93. The lowest BCUT2D eigenvalue weighted by molar-refractivity contribution is 0.122. The summed E-state index contributed by atoms with van der Waals surface area (Å²) in [7, 11) is 0. The zero-order valence-corrected chi connectivity index (χ0v) is 16.1. The molecule has 1 fully saturated rings. The van der Waals surface area contributed by atoms with Crippen LogP contribution in [0.4, 0.5) is 11.4 Å². The average Bonchev–Trinajstić information content (AvgIpc) is 3.22. The number of ether oxygens (including phenoxy) is 1. The fourth-order valence-corrected chi connectivity index (χ4v) is 3.71. The highest BCUT2D eigenvalue weighted by molar-refractivity contribution is 5.94. The van der Waals surface area contributed by atoms with Crippen LogP contribution in [0.3, 0.4) is 0 Å². The van der Waals surface area contributed by atoms with Crippen molar-refractivity contribution in [3.05, 3.63) is 72.8 Å². The molecule has 0 aliphatic carbocycles. The number of nitrogens with one attached hydrogen (secondary N) is 2. The average molecular weight is 385 g/mol. The van der Waals surface area contributed by atoms with E-state index in [-0.39, 0.29) is 0 Å². The van der Waals surface area contributed by atoms with E-state index in [2.05, 4.69) is 61.6 Å². The largest absolute Gasteiger partial charge is 0.380 e. The molecule has 3 aromatic heterocycles. The van der Waals surface area contributed by atoms with Gasteiger partial charge in [0.25, 0.3) is 0 Å². The van der Waals surface area contributed by atoms with Gasteiger partial charge in [0, 0.05) is 60.4 Å². The van der Waals surface area contributed by atoms with E-state index in [0.29, 0.717) is 0 Å². The Hall–Kier alpha value is -3.38. The molecule has 1 aromatic carbocycles. The van der Waals surface area contributed by atoms with Crippen molar-refractivity contribution in [2.24, 2.45) is 0 Å². The molecule has 0 radical (unpaired) electrons. The molecule has 0 amide bonds. The van der Waals surface area contributed by atoms with Crippen LogP contribution in [0.15, 0.2) is 67.3 Å². The Morgan fingerprint density at radius 2 is 1.93 bits per heavy atom. The highest BCUT2D eigenvalue weighted by Crippen LogP contribution is 2.29. The smallest absolute Gasteiger partial charge is 0.138 e. The van der Waals surface area contributed by atoms with Gasteiger partial charge in [-0.25, -0.2) is 4.98 Å². The molecule has 29 heavy (non-hydrogen) atoms. The molecule has 0 unspecified atom stereocenters. The van der Waals surface area contributed by atoms with Crippen LogP contribution in [0.5, 0.6) is 0 Å². The highest BCUT2D eigenvalue weighted by Gasteiger charge is 2.11. The Balaban J connectivity index is 1.30. The van der Waals surface area contributed by atoms with Gasteiger partial charge in [-0.2, -0.15) is 0 Å². The zero-order chi connectivity index (χ0) is 19.5. The molecule has 0 spiro atoms. The van der Waals surface area contributed by atoms with Crippen molar-refractivity contribution in [3.63, 3.8) is 0 Å². The van der Waals surface area contributed by atoms with Crippen molar-refractivity contribution < 1.29 is 4.74 Å². The quantitative estimate of drug-likeness (QED) is 0.542. The van der Waals surface area contributed by atoms with Crippen molar-refractivity contribution in [2.45, 2.75) is 6.54 Å². The molecule has 6 heteroatoms. The number of aromatic nitrogens is 3. The normalized spacial score (nSPS) is 14.3. The predicted octanol–water partition coefficient (Wildman–Crippen LogP) is 4.07. The number of pyridine rings is 2. The molecule has 4 aromatic rings. The molecule has 5 rings (SSSR count). The van der Waals surface area contributed by atoms with Crippen LogP contribution in [0.1, 0.15) is 5.56 Å². The van der Waals surface area contributed by atoms with Crippen molar-refractivity contribution in [1.82, 2.24) is 15.0 Å². The minimum absolute atomic E-state index is 0.753. The fourth-order valence-electron chi connectivity index (χ4n) is 3.71. The summed E-state index contributed by atoms with van der Waals surface area (Å²) in [5, 5.41) is 4.58. The van der Waals surface area contributed by atoms with Gasteiger partial charge in [-0.05, 0) is 29.8 Å². The highest BCUT2D eigenvalue weighted by atomic mass is 16.5. The third kappa shape index (κ3) is 3.79. The topological polar surface area (TPSA) is 66.1 Å². The molecule has 146 valence electrons. The van der Waals surface area contributed by atoms with Crippen LogP contribution in [0.25, 0.3) is 22.2 Å². The maximum Gasteiger partial charge on any atom is 0.138 e.